The fraction of sp³-hybridized carbons (Fsp3) is 0.462. The third-order valence-corrected chi connectivity index (χ3v) is 2.13. The van der Waals surface area contributed by atoms with Crippen molar-refractivity contribution in [1.82, 2.24) is 5.32 Å². The summed E-state index contributed by atoms with van der Waals surface area (Å²) in [4.78, 5) is 11.4. The van der Waals surface area contributed by atoms with E-state index in [9.17, 15) is 4.79 Å². The van der Waals surface area contributed by atoms with Crippen molar-refractivity contribution in [3.8, 4) is 5.75 Å². The first-order valence-electron chi connectivity index (χ1n) is 5.58. The zero-order chi connectivity index (χ0) is 12.0. The Balaban J connectivity index is 2.31. The van der Waals surface area contributed by atoms with Gasteiger partial charge in [0.2, 0.25) is 0 Å². The van der Waals surface area contributed by atoms with Crippen LogP contribution in [0.15, 0.2) is 24.3 Å². The average molecular weight is 221 g/mol. The predicted molar refractivity (Wildman–Crippen MR) is 64.6 cm³/mol. The zero-order valence-corrected chi connectivity index (χ0v) is 10.1. The van der Waals surface area contributed by atoms with Crippen molar-refractivity contribution in [2.75, 3.05) is 6.54 Å². The fourth-order valence-corrected chi connectivity index (χ4v) is 1.25. The molecule has 3 nitrogen and oxygen atoms in total. The van der Waals surface area contributed by atoms with E-state index in [4.69, 9.17) is 4.74 Å². The summed E-state index contributed by atoms with van der Waals surface area (Å²) < 4.78 is 5.17. The van der Waals surface area contributed by atoms with Gasteiger partial charge in [-0.05, 0) is 19.1 Å². The Morgan fingerprint density at radius 3 is 2.50 bits per heavy atom. The van der Waals surface area contributed by atoms with Crippen LogP contribution in [0.25, 0.3) is 0 Å². The van der Waals surface area contributed by atoms with Crippen LogP contribution < -0.4 is 10.1 Å². The van der Waals surface area contributed by atoms with Crippen LogP contribution in [-0.4, -0.2) is 18.6 Å². The molecule has 0 bridgehead atoms. The molecule has 0 radical (unpaired) electrons. The van der Waals surface area contributed by atoms with Gasteiger partial charge in [-0.25, -0.2) is 0 Å². The highest BCUT2D eigenvalue weighted by molar-refractivity contribution is 5.72. The molecular weight excluding hydrogens is 202 g/mol. The van der Waals surface area contributed by atoms with Crippen LogP contribution in [0.1, 0.15) is 25.8 Å². The van der Waals surface area contributed by atoms with E-state index in [0.717, 1.165) is 5.56 Å². The van der Waals surface area contributed by atoms with Gasteiger partial charge in [0.1, 0.15) is 5.75 Å². The summed E-state index contributed by atoms with van der Waals surface area (Å²) in [7, 11) is 0. The van der Waals surface area contributed by atoms with Crippen molar-refractivity contribution in [3.63, 3.8) is 0 Å². The Kier molecular flexibility index (Phi) is 4.99. The summed E-state index contributed by atoms with van der Waals surface area (Å²) in [5.41, 5.74) is 1.15. The van der Waals surface area contributed by atoms with E-state index in [1.165, 1.54) is 0 Å². The maximum atomic E-state index is 11.4. The molecule has 0 saturated carbocycles. The Labute approximate surface area is 96.8 Å². The Bertz CT molecular complexity index is 330. The van der Waals surface area contributed by atoms with E-state index in [1.807, 2.05) is 45.0 Å². The monoisotopic (exact) mass is 221 g/mol. The van der Waals surface area contributed by atoms with Crippen LogP contribution in [0.3, 0.4) is 0 Å². The number of rotatable bonds is 5. The van der Waals surface area contributed by atoms with Gasteiger partial charge in [-0.15, -0.1) is 0 Å². The lowest BCUT2D eigenvalue weighted by Gasteiger charge is -2.07. The van der Waals surface area contributed by atoms with Gasteiger partial charge in [-0.2, -0.15) is 0 Å². The molecule has 3 heteroatoms. The maximum Gasteiger partial charge on any atom is 0.312 e. The Morgan fingerprint density at radius 1 is 1.31 bits per heavy atom. The predicted octanol–water partition coefficient (Wildman–Crippen LogP) is 2.29. The minimum absolute atomic E-state index is 0.197. The van der Waals surface area contributed by atoms with Gasteiger partial charge in [-0.1, -0.05) is 31.5 Å². The molecule has 1 N–H and O–H groups in total. The number of nitrogens with one attached hydrogen (secondary N) is 1. The largest absolute Gasteiger partial charge is 0.426 e. The van der Waals surface area contributed by atoms with Gasteiger partial charge >= 0.3 is 5.97 Å². The molecule has 0 unspecified atom stereocenters. The highest BCUT2D eigenvalue weighted by atomic mass is 16.5. The third kappa shape index (κ3) is 4.94. The van der Waals surface area contributed by atoms with Crippen molar-refractivity contribution in [1.29, 1.82) is 0 Å². The number of carbonyl (C=O) groups excluding carboxylic acids is 1. The maximum absolute atomic E-state index is 11.4. The summed E-state index contributed by atoms with van der Waals surface area (Å²) in [6.07, 6.45) is 0.395. The van der Waals surface area contributed by atoms with Crippen LogP contribution in [-0.2, 0) is 4.79 Å². The van der Waals surface area contributed by atoms with Gasteiger partial charge in [0.25, 0.3) is 0 Å². The highest BCUT2D eigenvalue weighted by Crippen LogP contribution is 2.11. The summed E-state index contributed by atoms with van der Waals surface area (Å²) in [6, 6.07) is 7.86. The summed E-state index contributed by atoms with van der Waals surface area (Å²) in [6.45, 7) is 6.75. The van der Waals surface area contributed by atoms with Crippen molar-refractivity contribution in [2.24, 2.45) is 0 Å². The molecule has 0 aliphatic rings. The van der Waals surface area contributed by atoms with Gasteiger partial charge in [-0.3, -0.25) is 4.79 Å². The molecule has 0 aliphatic heterocycles. The number of ether oxygens (including phenoxy) is 1. The second kappa shape index (κ2) is 6.28. The van der Waals surface area contributed by atoms with E-state index in [0.29, 0.717) is 24.8 Å². The lowest BCUT2D eigenvalue weighted by atomic mass is 10.2. The summed E-state index contributed by atoms with van der Waals surface area (Å²) in [5, 5.41) is 3.17. The lowest BCUT2D eigenvalue weighted by molar-refractivity contribution is -0.134. The molecule has 1 aromatic carbocycles. The molecule has 0 amide bonds. The summed E-state index contributed by atoms with van der Waals surface area (Å²) in [5.74, 6) is 0.414. The molecule has 0 atom stereocenters. The Hall–Kier alpha value is -1.35. The molecule has 88 valence electrons. The SMILES string of the molecule is Cc1ccc(OC(=O)CCNC(C)C)cc1. The zero-order valence-electron chi connectivity index (χ0n) is 10.1. The van der Waals surface area contributed by atoms with E-state index < -0.39 is 0 Å². The second-order valence-electron chi connectivity index (χ2n) is 4.15. The number of benzene rings is 1. The van der Waals surface area contributed by atoms with Crippen LogP contribution >= 0.6 is 0 Å². The van der Waals surface area contributed by atoms with Crippen LogP contribution in [0.5, 0.6) is 5.75 Å². The third-order valence-electron chi connectivity index (χ3n) is 2.13. The number of aryl methyl sites for hydroxylation is 1. The topological polar surface area (TPSA) is 38.3 Å². The van der Waals surface area contributed by atoms with Crippen LogP contribution in [0.4, 0.5) is 0 Å². The lowest BCUT2D eigenvalue weighted by Crippen LogP contribution is -2.26. The molecule has 1 rings (SSSR count). The molecule has 16 heavy (non-hydrogen) atoms. The smallest absolute Gasteiger partial charge is 0.312 e. The van der Waals surface area contributed by atoms with E-state index in [-0.39, 0.29) is 5.97 Å². The molecule has 0 heterocycles. The molecule has 0 aliphatic carbocycles. The minimum Gasteiger partial charge on any atom is -0.426 e. The number of esters is 1. The first-order chi connectivity index (χ1) is 7.58. The molecule has 1 aromatic rings. The van der Waals surface area contributed by atoms with E-state index >= 15 is 0 Å². The van der Waals surface area contributed by atoms with Gasteiger partial charge in [0, 0.05) is 12.6 Å². The van der Waals surface area contributed by atoms with Gasteiger partial charge < -0.3 is 10.1 Å². The fourth-order valence-electron chi connectivity index (χ4n) is 1.25. The average Bonchev–Trinajstić information content (AvgIpc) is 2.21. The Morgan fingerprint density at radius 2 is 1.94 bits per heavy atom. The molecule has 0 aromatic heterocycles. The molecule has 0 spiro atoms. The second-order valence-corrected chi connectivity index (χ2v) is 4.15. The van der Waals surface area contributed by atoms with Crippen molar-refractivity contribution in [2.45, 2.75) is 33.2 Å². The molecular formula is C13H19NO2. The van der Waals surface area contributed by atoms with Gasteiger partial charge in [0.05, 0.1) is 6.42 Å². The highest BCUT2D eigenvalue weighted by Gasteiger charge is 2.04. The first kappa shape index (κ1) is 12.7. The van der Waals surface area contributed by atoms with E-state index in [2.05, 4.69) is 5.32 Å². The number of hydrogen-bond donors (Lipinski definition) is 1. The van der Waals surface area contributed by atoms with Crippen molar-refractivity contribution >= 4 is 5.97 Å². The van der Waals surface area contributed by atoms with E-state index in [1.54, 1.807) is 0 Å². The standard InChI is InChI=1S/C13H19NO2/c1-10(2)14-9-8-13(15)16-12-6-4-11(3)5-7-12/h4-7,10,14H,8-9H2,1-3H3. The molecule has 0 saturated heterocycles. The van der Waals surface area contributed by atoms with Crippen LogP contribution in [0.2, 0.25) is 0 Å². The minimum atomic E-state index is -0.197. The van der Waals surface area contributed by atoms with Crippen LogP contribution in [0, 0.1) is 6.92 Å². The van der Waals surface area contributed by atoms with Crippen molar-refractivity contribution in [3.05, 3.63) is 29.8 Å². The first-order valence-corrected chi connectivity index (χ1v) is 5.58. The molecule has 0 fully saturated rings. The quantitative estimate of drug-likeness (QED) is 0.612. The van der Waals surface area contributed by atoms with Crippen molar-refractivity contribution < 1.29 is 9.53 Å². The summed E-state index contributed by atoms with van der Waals surface area (Å²) >= 11 is 0. The van der Waals surface area contributed by atoms with Gasteiger partial charge in [0.15, 0.2) is 0 Å². The number of hydrogen-bond acceptors (Lipinski definition) is 3. The normalized spacial score (nSPS) is 10.5. The number of carbonyl (C=O) groups is 1.